The van der Waals surface area contributed by atoms with Gasteiger partial charge in [0.15, 0.2) is 0 Å². The third kappa shape index (κ3) is 7.76. The summed E-state index contributed by atoms with van der Waals surface area (Å²) in [4.78, 5) is 29.0. The van der Waals surface area contributed by atoms with Crippen LogP contribution in [0.15, 0.2) is 11.0 Å². The van der Waals surface area contributed by atoms with Gasteiger partial charge in [0.05, 0.1) is 23.8 Å². The van der Waals surface area contributed by atoms with E-state index in [9.17, 15) is 35.9 Å². The Morgan fingerprint density at radius 2 is 1.67 bits per heavy atom. The quantitative estimate of drug-likeness (QED) is 0.286. The Morgan fingerprint density at radius 1 is 1.00 bits per heavy atom. The second-order valence-corrected chi connectivity index (χ2v) is 13.1. The lowest BCUT2D eigenvalue weighted by Gasteiger charge is -2.53. The minimum atomic E-state index is -4.85. The highest BCUT2D eigenvalue weighted by molar-refractivity contribution is 5.84. The van der Waals surface area contributed by atoms with Gasteiger partial charge >= 0.3 is 12.4 Å². The lowest BCUT2D eigenvalue weighted by Crippen LogP contribution is -2.74. The van der Waals surface area contributed by atoms with Gasteiger partial charge in [-0.1, -0.05) is 32.1 Å². The number of halogens is 6. The fourth-order valence-corrected chi connectivity index (χ4v) is 7.66. The van der Waals surface area contributed by atoms with Crippen LogP contribution < -0.4 is 26.8 Å². The SMILES string of the molecule is C[C@@H](CN[C@H]1CCN(C2CCN(C3NCC(C(F)(F)F)C4(CCCCCCC4)N3)CC2)C1=O)Nc1cn[nH]c(=O)c1C(F)(F)F. The predicted octanol–water partition coefficient (Wildman–Crippen LogP) is 3.38. The second-order valence-electron chi connectivity index (χ2n) is 13.1. The minimum absolute atomic E-state index is 0.00873. The molecule has 5 N–H and O–H groups in total. The summed E-state index contributed by atoms with van der Waals surface area (Å²) in [5, 5.41) is 17.7. The molecule has 3 aliphatic heterocycles. The van der Waals surface area contributed by atoms with Crippen molar-refractivity contribution < 1.29 is 31.1 Å². The third-order valence-electron chi connectivity index (χ3n) is 10.0. The van der Waals surface area contributed by atoms with E-state index in [1.54, 1.807) is 12.0 Å². The number of carbonyl (C=O) groups excluding carboxylic acids is 1. The number of H-pyrrole nitrogens is 1. The molecule has 1 spiro atoms. The average molecular weight is 651 g/mol. The highest BCUT2D eigenvalue weighted by Gasteiger charge is 2.56. The number of hydrogen-bond acceptors (Lipinski definition) is 8. The molecule has 0 bridgehead atoms. The summed E-state index contributed by atoms with van der Waals surface area (Å²) in [6, 6.07) is -1.00. The second kappa shape index (κ2) is 13.7. The van der Waals surface area contributed by atoms with Gasteiger partial charge in [-0.05, 0) is 39.0 Å². The lowest BCUT2D eigenvalue weighted by atomic mass is 9.72. The Hall–Kier alpha value is -2.43. The molecule has 254 valence electrons. The topological polar surface area (TPSA) is 117 Å². The first kappa shape index (κ1) is 33.9. The van der Waals surface area contributed by atoms with Crippen molar-refractivity contribution >= 4 is 11.6 Å². The van der Waals surface area contributed by atoms with Crippen LogP contribution >= 0.6 is 0 Å². The Bertz CT molecular complexity index is 1210. The maximum Gasteiger partial charge on any atom is 0.423 e. The van der Waals surface area contributed by atoms with Crippen LogP contribution in [-0.2, 0) is 11.0 Å². The summed E-state index contributed by atoms with van der Waals surface area (Å²) in [5.41, 5.74) is -4.08. The number of anilines is 1. The van der Waals surface area contributed by atoms with Crippen molar-refractivity contribution in [2.24, 2.45) is 5.92 Å². The van der Waals surface area contributed by atoms with Gasteiger partial charge in [0, 0.05) is 50.3 Å². The third-order valence-corrected chi connectivity index (χ3v) is 10.0. The van der Waals surface area contributed by atoms with E-state index in [1.807, 2.05) is 4.90 Å². The molecule has 10 nitrogen and oxygen atoms in total. The molecule has 1 saturated carbocycles. The maximum absolute atomic E-state index is 14.1. The molecule has 45 heavy (non-hydrogen) atoms. The number of aromatic amines is 1. The molecule has 4 atom stereocenters. The smallest absolute Gasteiger partial charge is 0.379 e. The predicted molar refractivity (Wildman–Crippen MR) is 155 cm³/mol. The van der Waals surface area contributed by atoms with Gasteiger partial charge in [0.25, 0.3) is 5.56 Å². The van der Waals surface area contributed by atoms with Gasteiger partial charge in [0.1, 0.15) is 11.9 Å². The molecule has 2 unspecified atom stereocenters. The highest BCUT2D eigenvalue weighted by Crippen LogP contribution is 2.43. The first-order chi connectivity index (χ1) is 21.3. The van der Waals surface area contributed by atoms with Crippen molar-refractivity contribution in [3.8, 4) is 0 Å². The maximum atomic E-state index is 14.1. The van der Waals surface area contributed by atoms with E-state index in [1.165, 1.54) is 0 Å². The standard InChI is InChI=1S/C29H44F6N8O2/c1-18(39-21-16-38-41-24(44)23(21)29(33,34)35)15-36-20-9-14-43(25(20)45)19-7-12-42(13-8-19)26-37-17-22(28(30,31)32)27(40-26)10-5-3-2-4-6-11-27/h16,18-20,22,26,36-37,40H,2-15,17H2,1H3,(H2,39,41,44)/t18-,20-,22?,26?/m0/s1. The van der Waals surface area contributed by atoms with Crippen LogP contribution in [0.4, 0.5) is 32.0 Å². The summed E-state index contributed by atoms with van der Waals surface area (Å²) in [5.74, 6) is -1.50. The fraction of sp³-hybridized carbons (Fsp3) is 0.828. The van der Waals surface area contributed by atoms with Crippen LogP contribution in [0.1, 0.15) is 76.7 Å². The van der Waals surface area contributed by atoms with Crippen molar-refractivity contribution in [2.75, 3.05) is 38.0 Å². The lowest BCUT2D eigenvalue weighted by molar-refractivity contribution is -0.211. The Labute approximate surface area is 258 Å². The Balaban J connectivity index is 1.12. The van der Waals surface area contributed by atoms with Crippen LogP contribution in [0.25, 0.3) is 0 Å². The first-order valence-corrected chi connectivity index (χ1v) is 16.1. The number of carbonyl (C=O) groups is 1. The summed E-state index contributed by atoms with van der Waals surface area (Å²) >= 11 is 0. The minimum Gasteiger partial charge on any atom is -0.379 e. The monoisotopic (exact) mass is 650 g/mol. The number of likely N-dealkylation sites (tertiary alicyclic amines) is 2. The van der Waals surface area contributed by atoms with Crippen molar-refractivity contribution in [3.63, 3.8) is 0 Å². The van der Waals surface area contributed by atoms with Gasteiger partial charge in [-0.15, -0.1) is 0 Å². The normalized spacial score (nSPS) is 28.2. The largest absolute Gasteiger partial charge is 0.423 e. The van der Waals surface area contributed by atoms with Crippen LogP contribution in [0.3, 0.4) is 0 Å². The van der Waals surface area contributed by atoms with Crippen molar-refractivity contribution in [2.45, 2.75) is 113 Å². The summed E-state index contributed by atoms with van der Waals surface area (Å²) in [7, 11) is 0. The van der Waals surface area contributed by atoms with Gasteiger partial charge in [-0.3, -0.25) is 25.1 Å². The molecule has 4 fully saturated rings. The van der Waals surface area contributed by atoms with Crippen LogP contribution in [0.2, 0.25) is 0 Å². The number of nitrogens with zero attached hydrogens (tertiary/aromatic N) is 3. The number of amides is 1. The van der Waals surface area contributed by atoms with Crippen LogP contribution in [0.5, 0.6) is 0 Å². The zero-order valence-electron chi connectivity index (χ0n) is 25.5. The first-order valence-electron chi connectivity index (χ1n) is 16.1. The number of hydrogen-bond donors (Lipinski definition) is 5. The molecular formula is C29H44F6N8O2. The highest BCUT2D eigenvalue weighted by atomic mass is 19.4. The molecule has 1 aromatic heterocycles. The number of aromatic nitrogens is 2. The molecule has 16 heteroatoms. The average Bonchev–Trinajstić information content (AvgIpc) is 3.33. The van der Waals surface area contributed by atoms with E-state index in [0.29, 0.717) is 51.7 Å². The van der Waals surface area contributed by atoms with Gasteiger partial charge in [-0.25, -0.2) is 5.10 Å². The molecule has 1 aliphatic carbocycles. The van der Waals surface area contributed by atoms with Crippen molar-refractivity contribution in [1.29, 1.82) is 0 Å². The van der Waals surface area contributed by atoms with Gasteiger partial charge < -0.3 is 15.5 Å². The number of rotatable bonds is 7. The van der Waals surface area contributed by atoms with Gasteiger partial charge in [-0.2, -0.15) is 31.4 Å². The van der Waals surface area contributed by atoms with Crippen LogP contribution in [-0.4, -0.2) is 94.8 Å². The van der Waals surface area contributed by atoms with Crippen molar-refractivity contribution in [3.05, 3.63) is 22.1 Å². The summed E-state index contributed by atoms with van der Waals surface area (Å²) in [6.07, 6.45) is -1.04. The molecule has 3 saturated heterocycles. The van der Waals surface area contributed by atoms with E-state index in [2.05, 4.69) is 31.3 Å². The van der Waals surface area contributed by atoms with E-state index in [4.69, 9.17) is 0 Å². The molecule has 4 aliphatic rings. The van der Waals surface area contributed by atoms with E-state index >= 15 is 0 Å². The van der Waals surface area contributed by atoms with E-state index in [0.717, 1.165) is 38.3 Å². The zero-order valence-corrected chi connectivity index (χ0v) is 25.5. The van der Waals surface area contributed by atoms with E-state index in [-0.39, 0.29) is 31.3 Å². The number of piperidine rings is 1. The molecule has 0 aromatic carbocycles. The summed E-state index contributed by atoms with van der Waals surface area (Å²) < 4.78 is 82.5. The molecule has 1 aromatic rings. The summed E-state index contributed by atoms with van der Waals surface area (Å²) in [6.45, 7) is 3.54. The zero-order chi connectivity index (χ0) is 32.4. The molecule has 4 heterocycles. The number of nitrogens with one attached hydrogen (secondary N) is 5. The van der Waals surface area contributed by atoms with Gasteiger partial charge in [0.2, 0.25) is 5.91 Å². The van der Waals surface area contributed by atoms with Crippen molar-refractivity contribution in [1.82, 2.24) is 35.9 Å². The Kier molecular flexibility index (Phi) is 10.4. The van der Waals surface area contributed by atoms with E-state index < -0.39 is 52.7 Å². The molecule has 1 amide bonds. The molecule has 5 rings (SSSR count). The number of alkyl halides is 6. The molecule has 0 radical (unpaired) electrons. The Morgan fingerprint density at radius 3 is 2.31 bits per heavy atom. The van der Waals surface area contributed by atoms with Crippen LogP contribution in [0, 0.1) is 5.92 Å². The molecular weight excluding hydrogens is 606 g/mol. The fourth-order valence-electron chi connectivity index (χ4n) is 7.66.